The molecule has 96 valence electrons. The molecule has 4 nitrogen and oxygen atoms in total. The van der Waals surface area contributed by atoms with Gasteiger partial charge in [0, 0.05) is 38.9 Å². The fourth-order valence-corrected chi connectivity index (χ4v) is 2.92. The minimum Gasteiger partial charge on any atom is -0.304 e. The van der Waals surface area contributed by atoms with Gasteiger partial charge in [-0.25, -0.2) is 4.98 Å². The van der Waals surface area contributed by atoms with Crippen molar-refractivity contribution in [2.75, 3.05) is 33.2 Å². The van der Waals surface area contributed by atoms with Gasteiger partial charge in [0.25, 0.3) is 0 Å². The van der Waals surface area contributed by atoms with Crippen LogP contribution in [-0.2, 0) is 6.54 Å². The highest BCUT2D eigenvalue weighted by molar-refractivity contribution is 9.10. The summed E-state index contributed by atoms with van der Waals surface area (Å²) in [6.07, 6.45) is 2.04. The molecule has 1 aliphatic heterocycles. The minimum absolute atomic E-state index is 0.891. The smallest absolute Gasteiger partial charge is 0.182 e. The molecule has 1 saturated heterocycles. The number of imidazole rings is 1. The number of pyridine rings is 1. The average Bonchev–Trinajstić information content (AvgIpc) is 2.70. The van der Waals surface area contributed by atoms with Crippen molar-refractivity contribution in [1.29, 1.82) is 0 Å². The van der Waals surface area contributed by atoms with Crippen LogP contribution in [0.2, 0.25) is 0 Å². The van der Waals surface area contributed by atoms with Crippen LogP contribution in [0, 0.1) is 0 Å². The van der Waals surface area contributed by atoms with Crippen molar-refractivity contribution in [2.45, 2.75) is 6.54 Å². The average molecular weight is 309 g/mol. The molecule has 2 aromatic heterocycles. The second-order valence-corrected chi connectivity index (χ2v) is 5.57. The minimum atomic E-state index is 0.891. The molecular formula is C13H17BrN4. The van der Waals surface area contributed by atoms with Crippen LogP contribution in [0.25, 0.3) is 5.52 Å². The van der Waals surface area contributed by atoms with Gasteiger partial charge < -0.3 is 4.90 Å². The zero-order valence-corrected chi connectivity index (χ0v) is 12.1. The molecule has 0 aromatic carbocycles. The Hall–Kier alpha value is -0.910. The molecule has 1 aliphatic rings. The summed E-state index contributed by atoms with van der Waals surface area (Å²) in [4.78, 5) is 9.47. The molecule has 2 aromatic rings. The van der Waals surface area contributed by atoms with Gasteiger partial charge >= 0.3 is 0 Å². The summed E-state index contributed by atoms with van der Waals surface area (Å²) < 4.78 is 2.98. The maximum Gasteiger partial charge on any atom is 0.182 e. The van der Waals surface area contributed by atoms with Crippen LogP contribution < -0.4 is 0 Å². The maximum absolute atomic E-state index is 4.63. The normalized spacial score (nSPS) is 18.6. The number of nitrogens with zero attached hydrogens (tertiary/aromatic N) is 4. The Labute approximate surface area is 115 Å². The lowest BCUT2D eigenvalue weighted by molar-refractivity contribution is 0.147. The standard InChI is InChI=1S/C13H17BrN4/c1-16-6-8-17(9-7-16)10-11-12-4-2-3-5-18(12)13(14)15-11/h2-5H,6-10H2,1H3. The van der Waals surface area contributed by atoms with Gasteiger partial charge in [-0.2, -0.15) is 0 Å². The highest BCUT2D eigenvalue weighted by Gasteiger charge is 2.17. The summed E-state index contributed by atoms with van der Waals surface area (Å²) in [6, 6.07) is 6.22. The number of piperazine rings is 1. The Morgan fingerprint density at radius 2 is 2.00 bits per heavy atom. The van der Waals surface area contributed by atoms with E-state index in [1.54, 1.807) is 0 Å². The van der Waals surface area contributed by atoms with Gasteiger partial charge in [0.05, 0.1) is 11.2 Å². The van der Waals surface area contributed by atoms with E-state index in [1.165, 1.54) is 5.52 Å². The van der Waals surface area contributed by atoms with Gasteiger partial charge in [0.15, 0.2) is 4.73 Å². The van der Waals surface area contributed by atoms with Crippen molar-refractivity contribution in [3.8, 4) is 0 Å². The van der Waals surface area contributed by atoms with Crippen molar-refractivity contribution >= 4 is 21.4 Å². The largest absolute Gasteiger partial charge is 0.304 e. The topological polar surface area (TPSA) is 23.8 Å². The number of rotatable bonds is 2. The predicted molar refractivity (Wildman–Crippen MR) is 75.7 cm³/mol. The van der Waals surface area contributed by atoms with Crippen molar-refractivity contribution in [1.82, 2.24) is 19.2 Å². The van der Waals surface area contributed by atoms with Gasteiger partial charge in [-0.05, 0) is 35.1 Å². The summed E-state index contributed by atoms with van der Waals surface area (Å²) in [5, 5.41) is 0. The van der Waals surface area contributed by atoms with Crippen LogP contribution in [-0.4, -0.2) is 52.4 Å². The van der Waals surface area contributed by atoms with E-state index >= 15 is 0 Å². The number of hydrogen-bond acceptors (Lipinski definition) is 3. The molecule has 0 radical (unpaired) electrons. The highest BCUT2D eigenvalue weighted by atomic mass is 79.9. The van der Waals surface area contributed by atoms with E-state index in [9.17, 15) is 0 Å². The van der Waals surface area contributed by atoms with Crippen LogP contribution in [0.5, 0.6) is 0 Å². The molecule has 0 saturated carbocycles. The van der Waals surface area contributed by atoms with Gasteiger partial charge in [-0.3, -0.25) is 9.30 Å². The lowest BCUT2D eigenvalue weighted by Gasteiger charge is -2.31. The SMILES string of the molecule is CN1CCN(Cc2nc(Br)n3ccccc23)CC1. The van der Waals surface area contributed by atoms with Crippen LogP contribution in [0.3, 0.4) is 0 Å². The van der Waals surface area contributed by atoms with E-state index in [1.807, 2.05) is 12.3 Å². The Morgan fingerprint density at radius 1 is 1.22 bits per heavy atom. The van der Waals surface area contributed by atoms with Crippen LogP contribution in [0.15, 0.2) is 29.1 Å². The molecule has 1 fully saturated rings. The third-order valence-corrected chi connectivity index (χ3v) is 4.11. The van der Waals surface area contributed by atoms with Crippen molar-refractivity contribution in [3.63, 3.8) is 0 Å². The number of hydrogen-bond donors (Lipinski definition) is 0. The van der Waals surface area contributed by atoms with Crippen molar-refractivity contribution in [3.05, 3.63) is 34.8 Å². The molecule has 0 amide bonds. The van der Waals surface area contributed by atoms with Crippen molar-refractivity contribution < 1.29 is 0 Å². The molecule has 5 heteroatoms. The van der Waals surface area contributed by atoms with E-state index in [-0.39, 0.29) is 0 Å². The molecule has 0 unspecified atom stereocenters. The van der Waals surface area contributed by atoms with Crippen LogP contribution >= 0.6 is 15.9 Å². The van der Waals surface area contributed by atoms with E-state index in [0.29, 0.717) is 0 Å². The molecule has 0 bridgehead atoms. The van der Waals surface area contributed by atoms with Gasteiger partial charge in [-0.1, -0.05) is 6.07 Å². The first-order chi connectivity index (χ1) is 8.74. The second-order valence-electron chi connectivity index (χ2n) is 4.86. The third kappa shape index (κ3) is 2.30. The molecule has 3 rings (SSSR count). The van der Waals surface area contributed by atoms with Crippen LogP contribution in [0.1, 0.15) is 5.69 Å². The first-order valence-corrected chi connectivity index (χ1v) is 7.06. The number of fused-ring (bicyclic) bond motifs is 1. The van der Waals surface area contributed by atoms with Crippen molar-refractivity contribution in [2.24, 2.45) is 0 Å². The molecule has 0 N–H and O–H groups in total. The number of aromatic nitrogens is 2. The Bertz CT molecular complexity index is 543. The highest BCUT2D eigenvalue weighted by Crippen LogP contribution is 2.19. The predicted octanol–water partition coefficient (Wildman–Crippen LogP) is 1.84. The second kappa shape index (κ2) is 4.99. The molecule has 0 spiro atoms. The summed E-state index contributed by atoms with van der Waals surface area (Å²) in [6.45, 7) is 5.48. The third-order valence-electron chi connectivity index (χ3n) is 3.55. The van der Waals surface area contributed by atoms with Gasteiger partial charge in [0.1, 0.15) is 0 Å². The molecule has 0 atom stereocenters. The first kappa shape index (κ1) is 12.1. The van der Waals surface area contributed by atoms with Crippen LogP contribution in [0.4, 0.5) is 0 Å². The lowest BCUT2D eigenvalue weighted by Crippen LogP contribution is -2.43. The molecular weight excluding hydrogens is 292 g/mol. The van der Waals surface area contributed by atoms with Gasteiger partial charge in [0.2, 0.25) is 0 Å². The summed E-state index contributed by atoms with van der Waals surface area (Å²) in [5.74, 6) is 0. The van der Waals surface area contributed by atoms with E-state index < -0.39 is 0 Å². The Balaban J connectivity index is 1.82. The molecule has 0 aliphatic carbocycles. The van der Waals surface area contributed by atoms with E-state index in [4.69, 9.17) is 0 Å². The summed E-state index contributed by atoms with van der Waals surface area (Å²) in [5.41, 5.74) is 2.36. The van der Waals surface area contributed by atoms with Gasteiger partial charge in [-0.15, -0.1) is 0 Å². The monoisotopic (exact) mass is 308 g/mol. The fraction of sp³-hybridized carbons (Fsp3) is 0.462. The Morgan fingerprint density at radius 3 is 2.78 bits per heavy atom. The number of halogens is 1. The summed E-state index contributed by atoms with van der Waals surface area (Å²) in [7, 11) is 2.18. The molecule has 3 heterocycles. The zero-order chi connectivity index (χ0) is 12.5. The Kier molecular flexibility index (Phi) is 3.37. The summed E-state index contributed by atoms with van der Waals surface area (Å²) >= 11 is 3.52. The first-order valence-electron chi connectivity index (χ1n) is 6.26. The fourth-order valence-electron chi connectivity index (χ4n) is 2.40. The number of likely N-dealkylation sites (N-methyl/N-ethyl adjacent to an activating group) is 1. The quantitative estimate of drug-likeness (QED) is 0.846. The van der Waals surface area contributed by atoms with E-state index in [0.717, 1.165) is 43.2 Å². The molecule has 18 heavy (non-hydrogen) atoms. The maximum atomic E-state index is 4.63. The zero-order valence-electron chi connectivity index (χ0n) is 10.5. The van der Waals surface area contributed by atoms with E-state index in [2.05, 4.69) is 54.3 Å². The lowest BCUT2D eigenvalue weighted by atomic mass is 10.2.